The largest absolute Gasteiger partial charge is 0.480 e. The van der Waals surface area contributed by atoms with Gasteiger partial charge in [-0.05, 0) is 64.2 Å². The molecule has 0 radical (unpaired) electrons. The highest BCUT2D eigenvalue weighted by Gasteiger charge is 2.28. The maximum atomic E-state index is 12.6. The molecule has 0 aliphatic heterocycles. The van der Waals surface area contributed by atoms with E-state index in [0.717, 1.165) is 70.6 Å². The van der Waals surface area contributed by atoms with Crippen LogP contribution in [0.2, 0.25) is 0 Å². The summed E-state index contributed by atoms with van der Waals surface area (Å²) in [4.78, 5) is 45.8. The quantitative estimate of drug-likeness (QED) is 0.0237. The molecule has 0 aliphatic carbocycles. The molecular formula is C40H74NO10P. The maximum absolute atomic E-state index is 12.6. The first-order valence-corrected chi connectivity index (χ1v) is 21.9. The van der Waals surface area contributed by atoms with Crippen molar-refractivity contribution >= 4 is 25.7 Å². The van der Waals surface area contributed by atoms with Gasteiger partial charge in [0.05, 0.1) is 13.2 Å². The zero-order chi connectivity index (χ0) is 38.5. The van der Waals surface area contributed by atoms with Crippen LogP contribution in [0.5, 0.6) is 0 Å². The number of phosphoric ester groups is 1. The van der Waals surface area contributed by atoms with Crippen LogP contribution in [0.25, 0.3) is 0 Å². The van der Waals surface area contributed by atoms with Gasteiger partial charge in [-0.3, -0.25) is 23.4 Å². The van der Waals surface area contributed by atoms with Crippen molar-refractivity contribution in [2.45, 2.75) is 193 Å². The van der Waals surface area contributed by atoms with Gasteiger partial charge in [0, 0.05) is 12.8 Å². The smallest absolute Gasteiger partial charge is 0.472 e. The minimum absolute atomic E-state index is 0.156. The summed E-state index contributed by atoms with van der Waals surface area (Å²) >= 11 is 0. The van der Waals surface area contributed by atoms with Gasteiger partial charge < -0.3 is 25.2 Å². The summed E-state index contributed by atoms with van der Waals surface area (Å²) in [5.74, 6) is -2.39. The first kappa shape index (κ1) is 50.0. The maximum Gasteiger partial charge on any atom is 0.472 e. The molecule has 0 bridgehead atoms. The number of aliphatic carboxylic acids is 1. The van der Waals surface area contributed by atoms with E-state index >= 15 is 0 Å². The molecule has 0 saturated heterocycles. The Bertz CT molecular complexity index is 989. The molecule has 0 saturated carbocycles. The Morgan fingerprint density at radius 3 is 1.40 bits per heavy atom. The normalized spacial score (nSPS) is 14.1. The van der Waals surface area contributed by atoms with Crippen LogP contribution >= 0.6 is 7.82 Å². The molecule has 0 aromatic heterocycles. The molecule has 0 aliphatic rings. The molecule has 0 aromatic rings. The van der Waals surface area contributed by atoms with Crippen LogP contribution in [0.15, 0.2) is 24.3 Å². The first-order chi connectivity index (χ1) is 25.1. The third-order valence-corrected chi connectivity index (χ3v) is 9.62. The molecule has 0 heterocycles. The van der Waals surface area contributed by atoms with Crippen molar-refractivity contribution in [2.75, 3.05) is 19.8 Å². The molecule has 0 rings (SSSR count). The second-order valence-corrected chi connectivity index (χ2v) is 15.2. The lowest BCUT2D eigenvalue weighted by molar-refractivity contribution is -0.161. The lowest BCUT2D eigenvalue weighted by Crippen LogP contribution is -2.34. The fourth-order valence-corrected chi connectivity index (χ4v) is 6.18. The molecule has 11 nitrogen and oxygen atoms in total. The Labute approximate surface area is 315 Å². The zero-order valence-corrected chi connectivity index (χ0v) is 33.5. The highest BCUT2D eigenvalue weighted by atomic mass is 31.2. The monoisotopic (exact) mass is 760 g/mol. The molecule has 0 spiro atoms. The van der Waals surface area contributed by atoms with Crippen molar-refractivity contribution in [2.24, 2.45) is 5.73 Å². The number of rotatable bonds is 38. The van der Waals surface area contributed by atoms with Gasteiger partial charge in [0.1, 0.15) is 12.6 Å². The van der Waals surface area contributed by atoms with E-state index in [2.05, 4.69) is 42.7 Å². The highest BCUT2D eigenvalue weighted by molar-refractivity contribution is 7.47. The molecule has 4 N–H and O–H groups in total. The number of carbonyl (C=O) groups is 3. The van der Waals surface area contributed by atoms with Crippen LogP contribution in [-0.2, 0) is 37.5 Å². The number of unbranched alkanes of at least 4 members (excludes halogenated alkanes) is 20. The Balaban J connectivity index is 4.42. The zero-order valence-electron chi connectivity index (χ0n) is 32.7. The van der Waals surface area contributed by atoms with Gasteiger partial charge in [0.15, 0.2) is 6.10 Å². The number of nitrogens with two attached hydrogens (primary N) is 1. The van der Waals surface area contributed by atoms with Gasteiger partial charge in [0.2, 0.25) is 0 Å². The van der Waals surface area contributed by atoms with Crippen molar-refractivity contribution in [3.05, 3.63) is 24.3 Å². The molecular weight excluding hydrogens is 685 g/mol. The number of carboxylic acids is 1. The lowest BCUT2D eigenvalue weighted by atomic mass is 10.1. The number of ether oxygens (including phenoxy) is 2. The van der Waals surface area contributed by atoms with E-state index in [4.69, 9.17) is 24.8 Å². The third kappa shape index (κ3) is 35.0. The van der Waals surface area contributed by atoms with Gasteiger partial charge in [-0.15, -0.1) is 0 Å². The molecule has 12 heteroatoms. The number of hydrogen-bond acceptors (Lipinski definition) is 9. The molecule has 1 unspecified atom stereocenters. The van der Waals surface area contributed by atoms with E-state index in [1.807, 2.05) is 0 Å². The van der Waals surface area contributed by atoms with Crippen LogP contribution in [0.1, 0.15) is 181 Å². The van der Waals surface area contributed by atoms with E-state index in [-0.39, 0.29) is 19.4 Å². The van der Waals surface area contributed by atoms with Crippen molar-refractivity contribution < 1.29 is 47.5 Å². The van der Waals surface area contributed by atoms with Gasteiger partial charge in [-0.2, -0.15) is 0 Å². The van der Waals surface area contributed by atoms with Crippen LogP contribution in [0.4, 0.5) is 0 Å². The SMILES string of the molecule is CCCCCC/C=C\CCCCCCCCCC(=O)O[C@H](COC(=O)CCCCCCC/C=C\CCCCCC)COP(=O)(O)OC[C@H](N)C(=O)O. The number of phosphoric acid groups is 1. The predicted octanol–water partition coefficient (Wildman–Crippen LogP) is 10.3. The van der Waals surface area contributed by atoms with E-state index in [9.17, 15) is 23.8 Å². The number of esters is 2. The van der Waals surface area contributed by atoms with Crippen LogP contribution < -0.4 is 5.73 Å². The minimum atomic E-state index is -4.71. The molecule has 304 valence electrons. The Morgan fingerprint density at radius 1 is 0.577 bits per heavy atom. The molecule has 0 amide bonds. The van der Waals surface area contributed by atoms with E-state index < -0.39 is 51.1 Å². The van der Waals surface area contributed by atoms with Crippen LogP contribution in [0.3, 0.4) is 0 Å². The lowest BCUT2D eigenvalue weighted by Gasteiger charge is -2.20. The Hall–Kier alpha value is -2.04. The number of carboxylic acid groups (broad SMARTS) is 1. The minimum Gasteiger partial charge on any atom is -0.480 e. The Kier molecular flexibility index (Phi) is 34.6. The molecule has 0 aromatic carbocycles. The van der Waals surface area contributed by atoms with Gasteiger partial charge >= 0.3 is 25.7 Å². The topological polar surface area (TPSA) is 172 Å². The summed E-state index contributed by atoms with van der Waals surface area (Å²) in [6, 6.07) is -1.52. The second-order valence-electron chi connectivity index (χ2n) is 13.8. The fourth-order valence-electron chi connectivity index (χ4n) is 5.41. The van der Waals surface area contributed by atoms with Crippen LogP contribution in [-0.4, -0.2) is 59.9 Å². The van der Waals surface area contributed by atoms with Crippen molar-refractivity contribution in [3.63, 3.8) is 0 Å². The van der Waals surface area contributed by atoms with Crippen molar-refractivity contribution in [1.82, 2.24) is 0 Å². The Morgan fingerprint density at radius 2 is 0.962 bits per heavy atom. The van der Waals surface area contributed by atoms with Crippen molar-refractivity contribution in [1.29, 1.82) is 0 Å². The fraction of sp³-hybridized carbons (Fsp3) is 0.825. The van der Waals surface area contributed by atoms with Gasteiger partial charge in [-0.1, -0.05) is 128 Å². The first-order valence-electron chi connectivity index (χ1n) is 20.4. The van der Waals surface area contributed by atoms with E-state index in [1.165, 1.54) is 70.6 Å². The summed E-state index contributed by atoms with van der Waals surface area (Å²) in [5.41, 5.74) is 5.32. The molecule has 3 atom stereocenters. The summed E-state index contributed by atoms with van der Waals surface area (Å²) in [7, 11) is -4.71. The van der Waals surface area contributed by atoms with Gasteiger partial charge in [-0.25, -0.2) is 4.57 Å². The standard InChI is InChI=1S/C40H74NO10P/c1-3-5-7-9-11-13-15-17-18-20-22-24-26-28-30-32-39(43)51-36(34-49-52(46,47)50-35-37(41)40(44)45)33-48-38(42)31-29-27-25-23-21-19-16-14-12-10-8-6-4-2/h13-16,36-37H,3-12,17-35,41H2,1-2H3,(H,44,45)(H,46,47)/b15-13-,16-14-/t36-,37+/m1/s1. The number of hydrogen-bond donors (Lipinski definition) is 3. The molecule has 52 heavy (non-hydrogen) atoms. The summed E-state index contributed by atoms with van der Waals surface area (Å²) in [6.07, 6.45) is 35.2. The van der Waals surface area contributed by atoms with Crippen molar-refractivity contribution in [3.8, 4) is 0 Å². The average Bonchev–Trinajstić information content (AvgIpc) is 3.12. The second kappa shape index (κ2) is 36.0. The molecule has 0 fully saturated rings. The van der Waals surface area contributed by atoms with E-state index in [1.54, 1.807) is 0 Å². The summed E-state index contributed by atoms with van der Waals surface area (Å²) in [6.45, 7) is 2.75. The number of carbonyl (C=O) groups excluding carboxylic acids is 2. The third-order valence-electron chi connectivity index (χ3n) is 8.67. The summed E-state index contributed by atoms with van der Waals surface area (Å²) in [5, 5.41) is 8.87. The van der Waals surface area contributed by atoms with Gasteiger partial charge in [0.25, 0.3) is 0 Å². The summed E-state index contributed by atoms with van der Waals surface area (Å²) < 4.78 is 32.6. The predicted molar refractivity (Wildman–Crippen MR) is 208 cm³/mol. The average molecular weight is 760 g/mol. The van der Waals surface area contributed by atoms with Crippen LogP contribution in [0, 0.1) is 0 Å². The number of allylic oxidation sites excluding steroid dienone is 4. The highest BCUT2D eigenvalue weighted by Crippen LogP contribution is 2.43. The van der Waals surface area contributed by atoms with E-state index in [0.29, 0.717) is 12.8 Å².